The van der Waals surface area contributed by atoms with Crippen LogP contribution >= 0.6 is 34.7 Å². The Morgan fingerprint density at radius 1 is 1.42 bits per heavy atom. The molecule has 1 aromatic rings. The molecule has 14 nitrogen and oxygen atoms in total. The SMILES string of the molecule is CC(C)(C)OC(=O)C(N)CCON=C(C(=O)NC1C(=O)N2C(C(=O)O)=C(Cl)CS[C@H]12)c1csc(NC=O)n1. The first-order valence-electron chi connectivity index (χ1n) is 11.1. The largest absolute Gasteiger partial charge is 0.477 e. The lowest BCUT2D eigenvalue weighted by Crippen LogP contribution is -2.71. The number of ether oxygens (including phenoxy) is 1. The van der Waals surface area contributed by atoms with E-state index < -0.39 is 46.8 Å². The van der Waals surface area contributed by atoms with Gasteiger partial charge >= 0.3 is 11.9 Å². The number of carbonyl (C=O) groups excluding carboxylic acids is 4. The molecule has 2 aliphatic heterocycles. The van der Waals surface area contributed by atoms with Gasteiger partial charge in [-0.2, -0.15) is 0 Å². The highest BCUT2D eigenvalue weighted by molar-refractivity contribution is 8.00. The standard InChI is InChI=1S/C21H25ClN6O8S2/c1-21(2,3)36-19(34)10(23)4-5-35-27-12(11-7-38-20(25-11)24-8-29)15(30)26-13-16(31)28-14(18(32)33)9(22)6-37-17(13)28/h7-8,10,13,17H,4-6,23H2,1-3H3,(H,26,30)(H,32,33)(H,24,25,29)/t10?,13?,17-/m1/s1. The van der Waals surface area contributed by atoms with E-state index in [1.165, 1.54) is 17.1 Å². The summed E-state index contributed by atoms with van der Waals surface area (Å²) in [5.74, 6) is -3.31. The Morgan fingerprint density at radius 2 is 2.13 bits per heavy atom. The summed E-state index contributed by atoms with van der Waals surface area (Å²) in [7, 11) is 0. The highest BCUT2D eigenvalue weighted by Crippen LogP contribution is 2.41. The second-order valence-electron chi connectivity index (χ2n) is 8.92. The van der Waals surface area contributed by atoms with Gasteiger partial charge in [-0.1, -0.05) is 16.8 Å². The van der Waals surface area contributed by atoms with Gasteiger partial charge in [0.25, 0.3) is 11.8 Å². The number of amides is 3. The Labute approximate surface area is 229 Å². The van der Waals surface area contributed by atoms with Crippen molar-refractivity contribution in [3.63, 3.8) is 0 Å². The second kappa shape index (κ2) is 12.1. The summed E-state index contributed by atoms with van der Waals surface area (Å²) in [5.41, 5.74) is 4.52. The van der Waals surface area contributed by atoms with Gasteiger partial charge in [0.2, 0.25) is 6.41 Å². The van der Waals surface area contributed by atoms with E-state index in [0.717, 1.165) is 16.2 Å². The lowest BCUT2D eigenvalue weighted by atomic mass is 10.0. The molecule has 0 spiro atoms. The van der Waals surface area contributed by atoms with Gasteiger partial charge in [-0.15, -0.1) is 23.1 Å². The maximum absolute atomic E-state index is 13.1. The molecule has 17 heteroatoms. The fourth-order valence-electron chi connectivity index (χ4n) is 3.28. The number of aromatic nitrogens is 1. The monoisotopic (exact) mass is 588 g/mol. The maximum Gasteiger partial charge on any atom is 0.353 e. The van der Waals surface area contributed by atoms with E-state index in [4.69, 9.17) is 26.9 Å². The first-order valence-corrected chi connectivity index (χ1v) is 13.4. The van der Waals surface area contributed by atoms with Gasteiger partial charge in [-0.05, 0) is 20.8 Å². The van der Waals surface area contributed by atoms with E-state index in [1.807, 2.05) is 0 Å². The van der Waals surface area contributed by atoms with Crippen molar-refractivity contribution in [2.24, 2.45) is 10.9 Å². The molecule has 1 fully saturated rings. The van der Waals surface area contributed by atoms with E-state index >= 15 is 0 Å². The van der Waals surface area contributed by atoms with Crippen LogP contribution in [0.5, 0.6) is 0 Å². The summed E-state index contributed by atoms with van der Waals surface area (Å²) >= 11 is 8.19. The number of nitrogens with one attached hydrogen (secondary N) is 2. The van der Waals surface area contributed by atoms with Crippen molar-refractivity contribution >= 4 is 75.7 Å². The third-order valence-electron chi connectivity index (χ3n) is 4.94. The summed E-state index contributed by atoms with van der Waals surface area (Å²) in [6, 6.07) is -2.04. The number of halogens is 1. The summed E-state index contributed by atoms with van der Waals surface area (Å²) < 4.78 is 5.21. The number of carbonyl (C=O) groups is 5. The maximum atomic E-state index is 13.1. The van der Waals surface area contributed by atoms with E-state index in [9.17, 15) is 29.1 Å². The highest BCUT2D eigenvalue weighted by Gasteiger charge is 2.54. The van der Waals surface area contributed by atoms with Gasteiger partial charge in [0, 0.05) is 17.6 Å². The zero-order chi connectivity index (χ0) is 28.2. The minimum absolute atomic E-state index is 0.0230. The van der Waals surface area contributed by atoms with Crippen LogP contribution in [0.3, 0.4) is 0 Å². The number of esters is 1. The van der Waals surface area contributed by atoms with E-state index in [0.29, 0.717) is 6.41 Å². The number of thioether (sulfide) groups is 1. The molecule has 5 N–H and O–H groups in total. The van der Waals surface area contributed by atoms with Crippen LogP contribution in [0, 0.1) is 0 Å². The Balaban J connectivity index is 1.71. The molecule has 1 saturated heterocycles. The molecule has 1 aromatic heterocycles. The number of aliphatic carboxylic acids is 1. The molecule has 3 rings (SSSR count). The third-order valence-corrected chi connectivity index (χ3v) is 7.47. The fraction of sp³-hybridized carbons (Fsp3) is 0.476. The van der Waals surface area contributed by atoms with Crippen molar-refractivity contribution in [1.82, 2.24) is 15.2 Å². The average molecular weight is 589 g/mol. The number of hydrogen-bond donors (Lipinski definition) is 4. The molecular weight excluding hydrogens is 564 g/mol. The van der Waals surface area contributed by atoms with Crippen LogP contribution < -0.4 is 16.4 Å². The minimum atomic E-state index is -1.35. The number of rotatable bonds is 11. The number of nitrogens with zero attached hydrogens (tertiary/aromatic N) is 3. The van der Waals surface area contributed by atoms with Crippen molar-refractivity contribution in [2.45, 2.75) is 50.3 Å². The summed E-state index contributed by atoms with van der Waals surface area (Å²) in [6.45, 7) is 4.96. The Kier molecular flexibility index (Phi) is 9.35. The average Bonchev–Trinajstić information content (AvgIpc) is 3.29. The van der Waals surface area contributed by atoms with E-state index in [2.05, 4.69) is 20.8 Å². The molecule has 3 amide bonds. The van der Waals surface area contributed by atoms with Crippen LogP contribution in [0.2, 0.25) is 0 Å². The second-order valence-corrected chi connectivity index (χ2v) is 11.3. The Morgan fingerprint density at radius 3 is 2.76 bits per heavy atom. The molecular formula is C21H25ClN6O8S2. The van der Waals surface area contributed by atoms with Gasteiger partial charge < -0.3 is 31.0 Å². The first kappa shape index (κ1) is 29.3. The molecule has 3 atom stereocenters. The molecule has 206 valence electrons. The zero-order valence-electron chi connectivity index (χ0n) is 20.4. The molecule has 38 heavy (non-hydrogen) atoms. The van der Waals surface area contributed by atoms with Gasteiger partial charge in [0.1, 0.15) is 41.1 Å². The minimum Gasteiger partial charge on any atom is -0.477 e. The Hall–Kier alpha value is -3.21. The number of fused-ring (bicyclic) bond motifs is 1. The lowest BCUT2D eigenvalue weighted by molar-refractivity contribution is -0.157. The molecule has 0 saturated carbocycles. The first-order chi connectivity index (χ1) is 17.8. The number of hydrogen-bond acceptors (Lipinski definition) is 12. The zero-order valence-corrected chi connectivity index (χ0v) is 22.8. The third kappa shape index (κ3) is 6.80. The summed E-state index contributed by atoms with van der Waals surface area (Å²) in [5, 5.41) is 19.1. The van der Waals surface area contributed by atoms with Gasteiger partial charge in [-0.25, -0.2) is 9.78 Å². The smallest absolute Gasteiger partial charge is 0.353 e. The van der Waals surface area contributed by atoms with Crippen LogP contribution in [0.15, 0.2) is 21.3 Å². The molecule has 3 heterocycles. The molecule has 0 bridgehead atoms. The van der Waals surface area contributed by atoms with Crippen molar-refractivity contribution in [2.75, 3.05) is 17.7 Å². The quantitative estimate of drug-likeness (QED) is 0.0696. The predicted octanol–water partition coefficient (Wildman–Crippen LogP) is 0.426. The molecule has 0 radical (unpaired) electrons. The van der Waals surface area contributed by atoms with Crippen LogP contribution in [0.25, 0.3) is 0 Å². The van der Waals surface area contributed by atoms with Gasteiger partial charge in [-0.3, -0.25) is 24.1 Å². The van der Waals surface area contributed by atoms with Crippen molar-refractivity contribution in [3.8, 4) is 0 Å². The van der Waals surface area contributed by atoms with Crippen molar-refractivity contribution in [3.05, 3.63) is 21.8 Å². The number of thiazole rings is 1. The topological polar surface area (TPSA) is 203 Å². The number of anilines is 1. The van der Waals surface area contributed by atoms with Crippen LogP contribution in [-0.2, 0) is 33.5 Å². The fourth-order valence-corrected chi connectivity index (χ4v) is 5.49. The summed E-state index contributed by atoms with van der Waals surface area (Å²) in [6.07, 6.45) is 0.441. The highest BCUT2D eigenvalue weighted by atomic mass is 35.5. The van der Waals surface area contributed by atoms with Gasteiger partial charge in [0.05, 0.1) is 5.03 Å². The number of nitrogens with two attached hydrogens (primary N) is 1. The molecule has 2 aliphatic rings. The Bertz CT molecular complexity index is 1200. The van der Waals surface area contributed by atoms with E-state index in [1.54, 1.807) is 20.8 Å². The van der Waals surface area contributed by atoms with Gasteiger partial charge in [0.15, 0.2) is 10.8 Å². The number of β-lactam (4-membered cyclic amide) rings is 1. The van der Waals surface area contributed by atoms with Crippen molar-refractivity contribution in [1.29, 1.82) is 0 Å². The number of carboxylic acid groups (broad SMARTS) is 1. The molecule has 0 aliphatic carbocycles. The lowest BCUT2D eigenvalue weighted by Gasteiger charge is -2.48. The molecule has 0 aromatic carbocycles. The van der Waals surface area contributed by atoms with Crippen LogP contribution in [0.4, 0.5) is 5.13 Å². The predicted molar refractivity (Wildman–Crippen MR) is 138 cm³/mol. The molecule has 2 unspecified atom stereocenters. The van der Waals surface area contributed by atoms with Crippen LogP contribution in [0.1, 0.15) is 32.9 Å². The normalized spacial score (nSPS) is 20.2. The number of carboxylic acids is 1. The van der Waals surface area contributed by atoms with Crippen molar-refractivity contribution < 1.29 is 38.7 Å². The summed E-state index contributed by atoms with van der Waals surface area (Å²) in [4.78, 5) is 70.5. The van der Waals surface area contributed by atoms with Crippen LogP contribution in [-0.4, -0.2) is 86.3 Å². The van der Waals surface area contributed by atoms with E-state index in [-0.39, 0.29) is 46.0 Å². The number of oxime groups is 1.